The SMILES string of the molecule is C=C(N)c1cc(Br)c2c(c1)nc(NC(=O)c1cc(C)nn1CC)n2C/C=C/Cn1c(NC(=O)c2cc(C)nn2CC)nc2cc(C(=C)N)cc(OCCCOC)c21. The number of methoxy groups -OCH3 is 1. The molecule has 0 atom stereocenters. The van der Waals surface area contributed by atoms with Crippen LogP contribution in [0.4, 0.5) is 11.9 Å². The Balaban J connectivity index is 1.39. The maximum absolute atomic E-state index is 13.7. The van der Waals surface area contributed by atoms with E-state index in [0.717, 1.165) is 21.4 Å². The molecule has 0 fully saturated rings. The predicted molar refractivity (Wildman–Crippen MR) is 226 cm³/mol. The minimum Gasteiger partial charge on any atom is -0.491 e. The van der Waals surface area contributed by atoms with Crippen LogP contribution in [0.2, 0.25) is 0 Å². The van der Waals surface area contributed by atoms with Crippen LogP contribution >= 0.6 is 15.9 Å². The topological polar surface area (TPSA) is 200 Å². The van der Waals surface area contributed by atoms with Crippen molar-refractivity contribution in [3.63, 3.8) is 0 Å². The van der Waals surface area contributed by atoms with Crippen LogP contribution in [0.5, 0.6) is 5.75 Å². The highest BCUT2D eigenvalue weighted by atomic mass is 79.9. The fraction of sp³-hybridized carbons (Fsp3) is 0.300. The Bertz CT molecular complexity index is 2540. The van der Waals surface area contributed by atoms with E-state index in [4.69, 9.17) is 30.9 Å². The zero-order valence-corrected chi connectivity index (χ0v) is 34.3. The number of rotatable bonds is 17. The highest BCUT2D eigenvalue weighted by Crippen LogP contribution is 2.34. The van der Waals surface area contributed by atoms with Crippen molar-refractivity contribution in [3.8, 4) is 5.75 Å². The van der Waals surface area contributed by atoms with E-state index in [-0.39, 0.29) is 18.4 Å². The van der Waals surface area contributed by atoms with Gasteiger partial charge in [0.05, 0.1) is 34.5 Å². The summed E-state index contributed by atoms with van der Waals surface area (Å²) in [5, 5.41) is 14.9. The molecule has 0 aliphatic carbocycles. The molecule has 6 aromatic rings. The van der Waals surface area contributed by atoms with Gasteiger partial charge in [-0.1, -0.05) is 25.3 Å². The molecule has 0 radical (unpaired) electrons. The summed E-state index contributed by atoms with van der Waals surface area (Å²) in [5.74, 6) is 0.434. The number of imidazole rings is 2. The monoisotopic (exact) mass is 838 g/mol. The molecule has 0 bridgehead atoms. The molecule has 0 unspecified atom stereocenters. The molecule has 2 amide bonds. The van der Waals surface area contributed by atoms with Gasteiger partial charge in [-0.2, -0.15) is 10.2 Å². The van der Waals surface area contributed by atoms with E-state index in [2.05, 4.69) is 49.9 Å². The van der Waals surface area contributed by atoms with Gasteiger partial charge >= 0.3 is 0 Å². The summed E-state index contributed by atoms with van der Waals surface area (Å²) in [4.78, 5) is 37.0. The molecular weight excluding hydrogens is 792 g/mol. The van der Waals surface area contributed by atoms with E-state index in [1.807, 2.05) is 73.2 Å². The summed E-state index contributed by atoms with van der Waals surface area (Å²) in [6, 6.07) is 10.8. The zero-order chi connectivity index (χ0) is 41.0. The number of nitrogens with zero attached hydrogens (tertiary/aromatic N) is 8. The first-order valence-corrected chi connectivity index (χ1v) is 19.2. The lowest BCUT2D eigenvalue weighted by atomic mass is 10.1. The van der Waals surface area contributed by atoms with Crippen molar-refractivity contribution in [3.05, 3.63) is 100 Å². The number of aromatic nitrogens is 8. The molecule has 16 nitrogen and oxygen atoms in total. The van der Waals surface area contributed by atoms with Crippen molar-refractivity contribution >= 4 is 73.1 Å². The predicted octanol–water partition coefficient (Wildman–Crippen LogP) is 6.23. The van der Waals surface area contributed by atoms with Crippen LogP contribution in [0.15, 0.2) is 66.2 Å². The Hall–Kier alpha value is -6.20. The van der Waals surface area contributed by atoms with Crippen molar-refractivity contribution in [2.24, 2.45) is 11.5 Å². The van der Waals surface area contributed by atoms with Gasteiger partial charge in [0.2, 0.25) is 11.9 Å². The number of carbonyl (C=O) groups is 2. The number of hydrogen-bond acceptors (Lipinski definition) is 10. The molecule has 0 saturated carbocycles. The molecule has 0 spiro atoms. The highest BCUT2D eigenvalue weighted by Gasteiger charge is 2.22. The number of hydrogen-bond donors (Lipinski definition) is 4. The van der Waals surface area contributed by atoms with E-state index in [1.54, 1.807) is 28.6 Å². The first kappa shape index (κ1) is 40.5. The van der Waals surface area contributed by atoms with Crippen molar-refractivity contribution in [2.75, 3.05) is 31.0 Å². The van der Waals surface area contributed by atoms with Gasteiger partial charge in [0.25, 0.3) is 11.8 Å². The summed E-state index contributed by atoms with van der Waals surface area (Å²) in [6.07, 6.45) is 4.54. The normalized spacial score (nSPS) is 11.5. The van der Waals surface area contributed by atoms with Crippen molar-refractivity contribution in [2.45, 2.75) is 60.3 Å². The second kappa shape index (κ2) is 17.3. The fourth-order valence-corrected chi connectivity index (χ4v) is 7.15. The Morgan fingerprint density at radius 2 is 1.26 bits per heavy atom. The molecule has 6 N–H and O–H groups in total. The van der Waals surface area contributed by atoms with Gasteiger partial charge in [-0.3, -0.25) is 29.6 Å². The fourth-order valence-electron chi connectivity index (χ4n) is 6.49. The largest absolute Gasteiger partial charge is 0.491 e. The lowest BCUT2D eigenvalue weighted by Gasteiger charge is -2.13. The number of aryl methyl sites for hydroxylation is 4. The Morgan fingerprint density at radius 1 is 0.772 bits per heavy atom. The molecular formula is C40H47BrN12O4. The number of allylic oxidation sites excluding steroid dienone is 2. The number of nitrogens with two attached hydrogens (primary N) is 2. The highest BCUT2D eigenvalue weighted by molar-refractivity contribution is 9.10. The van der Waals surface area contributed by atoms with Crippen LogP contribution in [-0.4, -0.2) is 70.8 Å². The number of benzene rings is 2. The average Bonchev–Trinajstić information content (AvgIpc) is 3.94. The minimum absolute atomic E-state index is 0.275. The Kier molecular flexibility index (Phi) is 12.3. The van der Waals surface area contributed by atoms with Crippen LogP contribution in [0.3, 0.4) is 0 Å². The van der Waals surface area contributed by atoms with Crippen LogP contribution < -0.4 is 26.8 Å². The molecule has 0 aliphatic rings. The maximum Gasteiger partial charge on any atom is 0.276 e. The third-order valence-corrected chi connectivity index (χ3v) is 9.76. The summed E-state index contributed by atoms with van der Waals surface area (Å²) in [6.45, 7) is 17.8. The number of nitrogens with one attached hydrogen (secondary N) is 2. The van der Waals surface area contributed by atoms with Gasteiger partial charge in [0, 0.05) is 73.3 Å². The number of fused-ring (bicyclic) bond motifs is 2. The van der Waals surface area contributed by atoms with Crippen molar-refractivity contribution < 1.29 is 19.1 Å². The minimum atomic E-state index is -0.363. The first-order valence-electron chi connectivity index (χ1n) is 18.4. The molecule has 6 rings (SSSR count). The maximum atomic E-state index is 13.7. The molecule has 4 aromatic heterocycles. The molecule has 298 valence electrons. The summed E-state index contributed by atoms with van der Waals surface area (Å²) in [7, 11) is 1.64. The molecule has 4 heterocycles. The molecule has 0 saturated heterocycles. The number of amides is 2. The Labute approximate surface area is 338 Å². The van der Waals surface area contributed by atoms with Crippen LogP contribution in [-0.2, 0) is 30.9 Å². The van der Waals surface area contributed by atoms with Gasteiger partial charge < -0.3 is 30.1 Å². The number of ether oxygens (including phenoxy) is 2. The summed E-state index contributed by atoms with van der Waals surface area (Å²) < 4.78 is 19.3. The average molecular weight is 840 g/mol. The lowest BCUT2D eigenvalue weighted by molar-refractivity contribution is 0.100. The van der Waals surface area contributed by atoms with E-state index in [0.29, 0.717) is 107 Å². The van der Waals surface area contributed by atoms with Gasteiger partial charge in [-0.05, 0) is 80.0 Å². The van der Waals surface area contributed by atoms with Crippen LogP contribution in [0.25, 0.3) is 33.5 Å². The Morgan fingerprint density at radius 3 is 1.75 bits per heavy atom. The third-order valence-electron chi connectivity index (χ3n) is 9.16. The second-order valence-electron chi connectivity index (χ2n) is 13.4. The first-order chi connectivity index (χ1) is 27.3. The number of anilines is 2. The van der Waals surface area contributed by atoms with E-state index < -0.39 is 0 Å². The smallest absolute Gasteiger partial charge is 0.276 e. The van der Waals surface area contributed by atoms with E-state index in [9.17, 15) is 9.59 Å². The van der Waals surface area contributed by atoms with Gasteiger partial charge in [-0.25, -0.2) is 9.97 Å². The number of halogens is 1. The zero-order valence-electron chi connectivity index (χ0n) is 32.7. The third kappa shape index (κ3) is 8.63. The lowest BCUT2D eigenvalue weighted by Crippen LogP contribution is -2.20. The van der Waals surface area contributed by atoms with Crippen molar-refractivity contribution in [1.82, 2.24) is 38.7 Å². The standard InChI is InChI=1S/C40H47BrN12O4/c1-8-52-32(17-23(3)48-52)37(54)46-39-44-30-20-27(25(5)42)19-29(41)35(30)50(39)13-10-11-14-51-36-31(21-28(26(6)43)22-34(36)57-16-12-15-56-7)45-40(51)47-38(55)33-18-24(4)49-53(33)9-2/h10-11,17-22H,5-6,8-9,12-16,42-43H2,1-4,7H3,(H,44,46,54)(H,45,47,55)/b11-10+. The van der Waals surface area contributed by atoms with Gasteiger partial charge in [-0.15, -0.1) is 0 Å². The molecule has 0 aliphatic heterocycles. The van der Waals surface area contributed by atoms with Crippen molar-refractivity contribution in [1.29, 1.82) is 0 Å². The second-order valence-corrected chi connectivity index (χ2v) is 14.2. The van der Waals surface area contributed by atoms with E-state index in [1.165, 1.54) is 0 Å². The van der Waals surface area contributed by atoms with Gasteiger partial charge in [0.1, 0.15) is 22.7 Å². The van der Waals surface area contributed by atoms with E-state index >= 15 is 0 Å². The quantitative estimate of drug-likeness (QED) is 0.0603. The van der Waals surface area contributed by atoms with Crippen LogP contribution in [0, 0.1) is 13.8 Å². The molecule has 57 heavy (non-hydrogen) atoms. The molecule has 17 heteroatoms. The summed E-state index contributed by atoms with van der Waals surface area (Å²) >= 11 is 3.70. The van der Waals surface area contributed by atoms with Crippen LogP contribution in [0.1, 0.15) is 63.8 Å². The number of carbonyl (C=O) groups excluding carboxylic acids is 2. The summed E-state index contributed by atoms with van der Waals surface area (Å²) in [5.41, 5.74) is 19.1. The molecule has 2 aromatic carbocycles. The van der Waals surface area contributed by atoms with Gasteiger partial charge in [0.15, 0.2) is 0 Å².